The molecule has 8 heteroatoms. The third kappa shape index (κ3) is 6.19. The number of hydrogen-bond donors (Lipinski definition) is 3. The second-order valence-corrected chi connectivity index (χ2v) is 5.94. The number of benzene rings is 1. The van der Waals surface area contributed by atoms with Crippen LogP contribution in [0.2, 0.25) is 0 Å². The molecule has 1 aromatic carbocycles. The van der Waals surface area contributed by atoms with Gasteiger partial charge in [-0.25, -0.2) is 4.79 Å². The predicted molar refractivity (Wildman–Crippen MR) is 80.2 cm³/mol. The number of carbonyl (C=O) groups is 2. The third-order valence-electron chi connectivity index (χ3n) is 3.33. The molecule has 0 aliphatic rings. The summed E-state index contributed by atoms with van der Waals surface area (Å²) in [6, 6.07) is 2.69. The van der Waals surface area contributed by atoms with Gasteiger partial charge >= 0.3 is 12.1 Å². The molecule has 3 N–H and O–H groups in total. The van der Waals surface area contributed by atoms with Crippen LogP contribution in [0, 0.1) is 5.92 Å². The Bertz CT molecular complexity index is 570. The highest BCUT2D eigenvalue weighted by Crippen LogP contribution is 2.29. The molecule has 1 amide bonds. The van der Waals surface area contributed by atoms with Crippen molar-refractivity contribution in [1.82, 2.24) is 5.32 Å². The number of alkyl halides is 3. The summed E-state index contributed by atoms with van der Waals surface area (Å²) in [7, 11) is 0. The number of aliphatic carboxylic acids is 1. The Morgan fingerprint density at radius 1 is 1.17 bits per heavy atom. The molecular weight excluding hydrogens is 327 g/mol. The molecular formula is C16H20F3NO4. The molecule has 0 aliphatic carbocycles. The third-order valence-corrected chi connectivity index (χ3v) is 3.33. The number of carbonyl (C=O) groups excluding carboxylic acids is 1. The van der Waals surface area contributed by atoms with Gasteiger partial charge in [-0.05, 0) is 30.0 Å². The van der Waals surface area contributed by atoms with Gasteiger partial charge in [-0.1, -0.05) is 26.0 Å². The highest BCUT2D eigenvalue weighted by Gasteiger charge is 2.30. The molecule has 0 aromatic heterocycles. The van der Waals surface area contributed by atoms with Gasteiger partial charge in [-0.2, -0.15) is 13.2 Å². The molecule has 0 fully saturated rings. The lowest BCUT2D eigenvalue weighted by molar-refractivity contribution is -0.143. The summed E-state index contributed by atoms with van der Waals surface area (Å²) < 4.78 is 37.5. The fourth-order valence-corrected chi connectivity index (χ4v) is 2.09. The number of hydrogen-bond acceptors (Lipinski definition) is 3. The van der Waals surface area contributed by atoms with Crippen molar-refractivity contribution in [1.29, 1.82) is 0 Å². The second kappa shape index (κ2) is 8.14. The van der Waals surface area contributed by atoms with E-state index in [4.69, 9.17) is 5.11 Å². The average Bonchev–Trinajstić information content (AvgIpc) is 2.45. The average molecular weight is 347 g/mol. The first kappa shape index (κ1) is 20.0. The lowest BCUT2D eigenvalue weighted by atomic mass is 10.0. The monoisotopic (exact) mass is 347 g/mol. The van der Waals surface area contributed by atoms with Crippen LogP contribution in [0.4, 0.5) is 13.2 Å². The maximum absolute atomic E-state index is 12.5. The van der Waals surface area contributed by atoms with Crippen LogP contribution in [0.15, 0.2) is 24.3 Å². The highest BCUT2D eigenvalue weighted by atomic mass is 19.4. The van der Waals surface area contributed by atoms with Gasteiger partial charge in [0.1, 0.15) is 12.1 Å². The molecule has 0 spiro atoms. The van der Waals surface area contributed by atoms with E-state index < -0.39 is 35.8 Å². The normalized spacial score (nSPS) is 14.3. The minimum atomic E-state index is -4.47. The van der Waals surface area contributed by atoms with Gasteiger partial charge < -0.3 is 15.5 Å². The Kier molecular flexibility index (Phi) is 6.77. The quantitative estimate of drug-likeness (QED) is 0.706. The van der Waals surface area contributed by atoms with Gasteiger partial charge in [0.2, 0.25) is 5.91 Å². The lowest BCUT2D eigenvalue weighted by Gasteiger charge is -2.18. The number of halogens is 3. The van der Waals surface area contributed by atoms with E-state index in [2.05, 4.69) is 5.32 Å². The molecule has 0 radical (unpaired) electrons. The van der Waals surface area contributed by atoms with E-state index >= 15 is 0 Å². The van der Waals surface area contributed by atoms with Crippen molar-refractivity contribution in [3.63, 3.8) is 0 Å². The van der Waals surface area contributed by atoms with Gasteiger partial charge in [0.15, 0.2) is 0 Å². The zero-order chi connectivity index (χ0) is 18.5. The summed E-state index contributed by atoms with van der Waals surface area (Å²) >= 11 is 0. The zero-order valence-corrected chi connectivity index (χ0v) is 13.3. The zero-order valence-electron chi connectivity index (χ0n) is 13.3. The molecule has 134 valence electrons. The molecule has 2 atom stereocenters. The molecule has 0 aliphatic heterocycles. The molecule has 0 saturated heterocycles. The van der Waals surface area contributed by atoms with Crippen molar-refractivity contribution in [3.05, 3.63) is 35.4 Å². The Morgan fingerprint density at radius 2 is 1.71 bits per heavy atom. The number of rotatable bonds is 7. The summed E-state index contributed by atoms with van der Waals surface area (Å²) in [6.45, 7) is 3.60. The lowest BCUT2D eigenvalue weighted by Crippen LogP contribution is -2.46. The summed E-state index contributed by atoms with van der Waals surface area (Å²) in [4.78, 5) is 23.0. The van der Waals surface area contributed by atoms with Gasteiger partial charge in [0.25, 0.3) is 0 Å². The fourth-order valence-electron chi connectivity index (χ4n) is 2.09. The summed E-state index contributed by atoms with van der Waals surface area (Å²) in [5, 5.41) is 21.0. The Morgan fingerprint density at radius 3 is 2.12 bits per heavy atom. The van der Waals surface area contributed by atoms with Gasteiger partial charge in [-0.3, -0.25) is 4.79 Å². The minimum absolute atomic E-state index is 0.0453. The first-order valence-electron chi connectivity index (χ1n) is 7.38. The van der Waals surface area contributed by atoms with Crippen LogP contribution >= 0.6 is 0 Å². The Hall–Kier alpha value is -2.09. The van der Waals surface area contributed by atoms with E-state index in [0.717, 1.165) is 24.3 Å². The number of aliphatic hydroxyl groups excluding tert-OH is 1. The molecule has 1 rings (SSSR count). The molecule has 1 aromatic rings. The van der Waals surface area contributed by atoms with Crippen LogP contribution in [-0.2, 0) is 22.2 Å². The van der Waals surface area contributed by atoms with Crippen molar-refractivity contribution in [3.8, 4) is 0 Å². The van der Waals surface area contributed by atoms with Crippen molar-refractivity contribution < 1.29 is 33.0 Å². The topological polar surface area (TPSA) is 86.6 Å². The van der Waals surface area contributed by atoms with Crippen LogP contribution in [0.5, 0.6) is 0 Å². The number of nitrogens with one attached hydrogen (secondary N) is 1. The predicted octanol–water partition coefficient (Wildman–Crippen LogP) is 2.22. The van der Waals surface area contributed by atoms with Crippen LogP contribution in [0.3, 0.4) is 0 Å². The van der Waals surface area contributed by atoms with E-state index in [0.29, 0.717) is 5.56 Å². The summed E-state index contributed by atoms with van der Waals surface area (Å²) in [6.07, 6.45) is -5.81. The second-order valence-electron chi connectivity index (χ2n) is 5.94. The number of amides is 1. The van der Waals surface area contributed by atoms with E-state index in [9.17, 15) is 27.9 Å². The highest BCUT2D eigenvalue weighted by molar-refractivity contribution is 5.86. The molecule has 0 heterocycles. The van der Waals surface area contributed by atoms with Gasteiger partial charge in [0, 0.05) is 6.42 Å². The molecule has 5 nitrogen and oxygen atoms in total. The van der Waals surface area contributed by atoms with Crippen LogP contribution in [-0.4, -0.2) is 34.2 Å². The standard InChI is InChI=1S/C16H20F3NO4/c1-9(2)7-13(21)14(22)20-12(15(23)24)8-10-3-5-11(6-4-10)16(17,18)19/h3-6,9,12-13,21H,7-8H2,1-2H3,(H,20,22)(H,23,24)/t12-,13+/m0/s1. The Balaban J connectivity index is 2.76. The summed E-state index contributed by atoms with van der Waals surface area (Å²) in [5.41, 5.74) is -0.511. The molecule has 24 heavy (non-hydrogen) atoms. The van der Waals surface area contributed by atoms with Crippen LogP contribution in [0.25, 0.3) is 0 Å². The van der Waals surface area contributed by atoms with E-state index in [1.165, 1.54) is 0 Å². The maximum Gasteiger partial charge on any atom is 0.416 e. The van der Waals surface area contributed by atoms with Crippen molar-refractivity contribution in [2.45, 2.75) is 45.0 Å². The van der Waals surface area contributed by atoms with E-state index in [1.807, 2.05) is 0 Å². The number of carboxylic acid groups (broad SMARTS) is 1. The largest absolute Gasteiger partial charge is 0.480 e. The van der Waals surface area contributed by atoms with Crippen LogP contribution < -0.4 is 5.32 Å². The van der Waals surface area contributed by atoms with E-state index in [1.54, 1.807) is 13.8 Å². The minimum Gasteiger partial charge on any atom is -0.480 e. The molecule has 0 unspecified atom stereocenters. The number of aliphatic hydroxyl groups is 1. The summed E-state index contributed by atoms with van der Waals surface area (Å²) in [5.74, 6) is -2.10. The van der Waals surface area contributed by atoms with Crippen molar-refractivity contribution in [2.24, 2.45) is 5.92 Å². The smallest absolute Gasteiger partial charge is 0.416 e. The van der Waals surface area contributed by atoms with Crippen LogP contribution in [0.1, 0.15) is 31.4 Å². The SMILES string of the molecule is CC(C)C[C@@H](O)C(=O)N[C@@H](Cc1ccc(C(F)(F)F)cc1)C(=O)O. The first-order valence-corrected chi connectivity index (χ1v) is 7.38. The molecule has 0 saturated carbocycles. The van der Waals surface area contributed by atoms with Gasteiger partial charge in [-0.15, -0.1) is 0 Å². The Labute approximate surface area is 137 Å². The van der Waals surface area contributed by atoms with E-state index in [-0.39, 0.29) is 18.8 Å². The number of carboxylic acids is 1. The maximum atomic E-state index is 12.5. The van der Waals surface area contributed by atoms with Gasteiger partial charge in [0.05, 0.1) is 5.56 Å². The molecule has 0 bridgehead atoms. The van der Waals surface area contributed by atoms with Crippen molar-refractivity contribution >= 4 is 11.9 Å². The van der Waals surface area contributed by atoms with Crippen molar-refractivity contribution in [2.75, 3.05) is 0 Å². The first-order chi connectivity index (χ1) is 11.0. The fraction of sp³-hybridized carbons (Fsp3) is 0.500.